The molecule has 7 heteroatoms. The molecule has 0 atom stereocenters. The Morgan fingerprint density at radius 3 is 2.72 bits per heavy atom. The lowest BCUT2D eigenvalue weighted by Gasteiger charge is -2.11. The summed E-state index contributed by atoms with van der Waals surface area (Å²) < 4.78 is 12.3. The molecule has 4 aromatic rings. The maximum atomic E-state index is 12.5. The third-order valence-electron chi connectivity index (χ3n) is 4.81. The number of aromatic amines is 1. The Balaban J connectivity index is 1.84. The fraction of sp³-hybridized carbons (Fsp3) is 0.136. The zero-order valence-electron chi connectivity index (χ0n) is 16.0. The molecule has 0 bridgehead atoms. The molecule has 0 radical (unpaired) electrons. The molecule has 1 N–H and O–H groups in total. The van der Waals surface area contributed by atoms with Crippen LogP contribution in [0.15, 0.2) is 59.5 Å². The van der Waals surface area contributed by atoms with E-state index >= 15 is 0 Å². The smallest absolute Gasteiger partial charge is 0.327 e. The second-order valence-electron chi connectivity index (χ2n) is 6.44. The fourth-order valence-corrected chi connectivity index (χ4v) is 3.31. The molecular weight excluding hydrogens is 368 g/mol. The minimum absolute atomic E-state index is 0.271. The first-order valence-electron chi connectivity index (χ1n) is 8.93. The van der Waals surface area contributed by atoms with Crippen LogP contribution < -0.4 is 15.2 Å². The summed E-state index contributed by atoms with van der Waals surface area (Å²) in [6.07, 6.45) is 1.69. The highest BCUT2D eigenvalue weighted by atomic mass is 16.5. The average molecular weight is 386 g/mol. The third kappa shape index (κ3) is 3.32. The number of imidazole rings is 1. The molecule has 144 valence electrons. The van der Waals surface area contributed by atoms with Crippen molar-refractivity contribution in [3.8, 4) is 28.7 Å². The van der Waals surface area contributed by atoms with Crippen LogP contribution in [0, 0.1) is 11.3 Å². The molecule has 29 heavy (non-hydrogen) atoms. The van der Waals surface area contributed by atoms with E-state index in [2.05, 4.69) is 16.0 Å². The van der Waals surface area contributed by atoms with Crippen LogP contribution in [0.1, 0.15) is 11.1 Å². The highest BCUT2D eigenvalue weighted by Gasteiger charge is 2.14. The number of aromatic nitrogens is 3. The second-order valence-corrected chi connectivity index (χ2v) is 6.44. The van der Waals surface area contributed by atoms with Crippen molar-refractivity contribution in [2.45, 2.75) is 6.54 Å². The summed E-state index contributed by atoms with van der Waals surface area (Å²) in [6.45, 7) is 0.271. The summed E-state index contributed by atoms with van der Waals surface area (Å²) in [5.41, 5.74) is 3.80. The van der Waals surface area contributed by atoms with Gasteiger partial charge in [-0.1, -0.05) is 18.2 Å². The number of nitriles is 1. The lowest BCUT2D eigenvalue weighted by Crippen LogP contribution is -2.17. The van der Waals surface area contributed by atoms with Crippen LogP contribution in [0.5, 0.6) is 11.5 Å². The first-order chi connectivity index (χ1) is 14.1. The van der Waals surface area contributed by atoms with Gasteiger partial charge in [-0.05, 0) is 29.8 Å². The van der Waals surface area contributed by atoms with Gasteiger partial charge in [-0.25, -0.2) is 9.78 Å². The average Bonchev–Trinajstić information content (AvgIpc) is 3.08. The maximum Gasteiger partial charge on any atom is 0.327 e. The van der Waals surface area contributed by atoms with Gasteiger partial charge >= 0.3 is 5.69 Å². The summed E-state index contributed by atoms with van der Waals surface area (Å²) in [4.78, 5) is 19.7. The minimum atomic E-state index is -0.279. The Labute approximate surface area is 166 Å². The number of nitrogens with zero attached hydrogens (tertiary/aromatic N) is 3. The third-order valence-corrected chi connectivity index (χ3v) is 4.81. The first kappa shape index (κ1) is 18.3. The van der Waals surface area contributed by atoms with Gasteiger partial charge < -0.3 is 9.47 Å². The number of rotatable bonds is 5. The topological polar surface area (TPSA) is 92.9 Å². The molecule has 7 nitrogen and oxygen atoms in total. The van der Waals surface area contributed by atoms with E-state index < -0.39 is 0 Å². The van der Waals surface area contributed by atoms with E-state index in [4.69, 9.17) is 9.47 Å². The number of methoxy groups -OCH3 is 2. The van der Waals surface area contributed by atoms with E-state index in [1.165, 1.54) is 0 Å². The van der Waals surface area contributed by atoms with Crippen molar-refractivity contribution in [2.75, 3.05) is 14.2 Å². The van der Waals surface area contributed by atoms with Crippen LogP contribution in [0.2, 0.25) is 0 Å². The van der Waals surface area contributed by atoms with Crippen LogP contribution >= 0.6 is 0 Å². The molecule has 2 aromatic carbocycles. The van der Waals surface area contributed by atoms with Gasteiger partial charge in [0.05, 0.1) is 37.9 Å². The van der Waals surface area contributed by atoms with Gasteiger partial charge in [0.1, 0.15) is 11.5 Å². The van der Waals surface area contributed by atoms with Gasteiger partial charge in [0.25, 0.3) is 0 Å². The number of pyridine rings is 1. The lowest BCUT2D eigenvalue weighted by molar-refractivity contribution is 0.395. The molecule has 0 aliphatic carbocycles. The van der Waals surface area contributed by atoms with E-state index in [1.54, 1.807) is 43.2 Å². The summed E-state index contributed by atoms with van der Waals surface area (Å²) >= 11 is 0. The Hall–Kier alpha value is -4.05. The lowest BCUT2D eigenvalue weighted by atomic mass is 10.1. The maximum absolute atomic E-state index is 12.5. The molecule has 0 saturated heterocycles. The van der Waals surface area contributed by atoms with Crippen LogP contribution in [0.25, 0.3) is 22.3 Å². The van der Waals surface area contributed by atoms with Crippen molar-refractivity contribution >= 4 is 11.2 Å². The molecule has 0 aliphatic rings. The Kier molecular flexibility index (Phi) is 4.75. The molecule has 0 unspecified atom stereocenters. The van der Waals surface area contributed by atoms with Gasteiger partial charge in [0, 0.05) is 23.4 Å². The monoisotopic (exact) mass is 386 g/mol. The number of fused-ring (bicyclic) bond motifs is 1. The largest absolute Gasteiger partial charge is 0.497 e. The van der Waals surface area contributed by atoms with Crippen molar-refractivity contribution < 1.29 is 9.47 Å². The predicted octanol–water partition coefficient (Wildman–Crippen LogP) is 3.33. The van der Waals surface area contributed by atoms with Gasteiger partial charge in [-0.3, -0.25) is 9.55 Å². The number of benzene rings is 2. The molecule has 2 aromatic heterocycles. The molecule has 0 saturated carbocycles. The number of hydrogen-bond donors (Lipinski definition) is 1. The zero-order chi connectivity index (χ0) is 20.4. The summed E-state index contributed by atoms with van der Waals surface area (Å²) in [5, 5.41) is 9.34. The molecular formula is C22H18N4O3. The second kappa shape index (κ2) is 7.52. The number of hydrogen-bond acceptors (Lipinski definition) is 5. The van der Waals surface area contributed by atoms with Crippen LogP contribution in [-0.4, -0.2) is 28.8 Å². The number of nitrogens with one attached hydrogen (secondary N) is 1. The van der Waals surface area contributed by atoms with Gasteiger partial charge in [-0.2, -0.15) is 5.26 Å². The zero-order valence-corrected chi connectivity index (χ0v) is 16.0. The number of ether oxygens (including phenoxy) is 2. The quantitative estimate of drug-likeness (QED) is 0.568. The molecule has 0 fully saturated rings. The predicted molar refractivity (Wildman–Crippen MR) is 109 cm³/mol. The highest BCUT2D eigenvalue weighted by Crippen LogP contribution is 2.33. The van der Waals surface area contributed by atoms with Gasteiger partial charge in [0.2, 0.25) is 0 Å². The van der Waals surface area contributed by atoms with E-state index in [-0.39, 0.29) is 12.2 Å². The Morgan fingerprint density at radius 1 is 1.14 bits per heavy atom. The molecule has 0 aliphatic heterocycles. The Bertz CT molecular complexity index is 1300. The van der Waals surface area contributed by atoms with Crippen LogP contribution in [0.4, 0.5) is 0 Å². The summed E-state index contributed by atoms with van der Waals surface area (Å²) in [5.74, 6) is 1.33. The Morgan fingerprint density at radius 2 is 1.97 bits per heavy atom. The van der Waals surface area contributed by atoms with Crippen molar-refractivity contribution in [1.82, 2.24) is 14.5 Å². The number of H-pyrrole nitrogens is 1. The molecule has 0 amide bonds. The molecule has 4 rings (SSSR count). The van der Waals surface area contributed by atoms with Crippen LogP contribution in [-0.2, 0) is 6.54 Å². The van der Waals surface area contributed by atoms with E-state index in [1.807, 2.05) is 30.3 Å². The van der Waals surface area contributed by atoms with E-state index in [9.17, 15) is 10.1 Å². The minimum Gasteiger partial charge on any atom is -0.497 e. The normalized spacial score (nSPS) is 10.7. The van der Waals surface area contributed by atoms with Crippen molar-refractivity contribution in [3.63, 3.8) is 0 Å². The van der Waals surface area contributed by atoms with Crippen molar-refractivity contribution in [1.29, 1.82) is 5.26 Å². The first-order valence-corrected chi connectivity index (χ1v) is 8.93. The fourth-order valence-electron chi connectivity index (χ4n) is 3.31. The van der Waals surface area contributed by atoms with Crippen molar-refractivity contribution in [2.24, 2.45) is 0 Å². The van der Waals surface area contributed by atoms with E-state index in [0.29, 0.717) is 28.2 Å². The van der Waals surface area contributed by atoms with Crippen LogP contribution in [0.3, 0.4) is 0 Å². The van der Waals surface area contributed by atoms with Crippen molar-refractivity contribution in [3.05, 3.63) is 76.3 Å². The standard InChI is InChI=1S/C22H18N4O3/c1-28-17-7-8-18(20(10-17)29-2)16-9-19-21(24-12-16)25-22(27)26(19)13-15-6-4-3-5-14(15)11-23/h3-10,12H,13H2,1-2H3,(H,24,25,27). The molecule has 2 heterocycles. The highest BCUT2D eigenvalue weighted by molar-refractivity contribution is 5.81. The SMILES string of the molecule is COc1ccc(-c2cnc3[nH]c(=O)n(Cc4ccccc4C#N)c3c2)c(OC)c1. The van der Waals surface area contributed by atoms with E-state index in [0.717, 1.165) is 16.7 Å². The molecule has 0 spiro atoms. The van der Waals surface area contributed by atoms with Gasteiger partial charge in [0.15, 0.2) is 5.65 Å². The summed E-state index contributed by atoms with van der Waals surface area (Å²) in [6, 6.07) is 16.8. The van der Waals surface area contributed by atoms with Gasteiger partial charge in [-0.15, -0.1) is 0 Å². The summed E-state index contributed by atoms with van der Waals surface area (Å²) in [7, 11) is 3.19.